The molecule has 1 aromatic rings. The van der Waals surface area contributed by atoms with Crippen molar-refractivity contribution < 1.29 is 0 Å². The van der Waals surface area contributed by atoms with Crippen LogP contribution in [0, 0.1) is 6.92 Å². The van der Waals surface area contributed by atoms with Gasteiger partial charge in [-0.3, -0.25) is 4.98 Å². The highest BCUT2D eigenvalue weighted by Crippen LogP contribution is 2.21. The molecule has 0 spiro atoms. The highest BCUT2D eigenvalue weighted by atomic mass is 35.5. The summed E-state index contributed by atoms with van der Waals surface area (Å²) in [6.45, 7) is 6.24. The summed E-state index contributed by atoms with van der Waals surface area (Å²) in [6.07, 6.45) is 1.91. The highest BCUT2D eigenvalue weighted by molar-refractivity contribution is 6.31. The van der Waals surface area contributed by atoms with Gasteiger partial charge in [-0.2, -0.15) is 0 Å². The minimum atomic E-state index is 0.756. The van der Waals surface area contributed by atoms with E-state index in [1.165, 1.54) is 0 Å². The maximum atomic E-state index is 6.06. The van der Waals surface area contributed by atoms with Gasteiger partial charge in [0.2, 0.25) is 0 Å². The Morgan fingerprint density at radius 3 is 2.53 bits per heavy atom. The molecule has 4 heteroatoms. The molecule has 0 bridgehead atoms. The van der Waals surface area contributed by atoms with Crippen LogP contribution in [0.3, 0.4) is 0 Å². The van der Waals surface area contributed by atoms with E-state index in [2.05, 4.69) is 21.8 Å². The third kappa shape index (κ3) is 2.41. The van der Waals surface area contributed by atoms with Gasteiger partial charge in [0.15, 0.2) is 0 Å². The Labute approximate surface area is 95.7 Å². The molecule has 0 saturated carbocycles. The summed E-state index contributed by atoms with van der Waals surface area (Å²) in [5.41, 5.74) is 2.04. The zero-order chi connectivity index (χ0) is 10.8. The summed E-state index contributed by atoms with van der Waals surface area (Å²) in [5.74, 6) is 0. The molecule has 15 heavy (non-hydrogen) atoms. The number of anilines is 1. The van der Waals surface area contributed by atoms with Crippen LogP contribution in [0.4, 0.5) is 5.69 Å². The molecule has 82 valence electrons. The lowest BCUT2D eigenvalue weighted by atomic mass is 10.2. The molecule has 0 radical (unpaired) electrons. The maximum absolute atomic E-state index is 6.06. The van der Waals surface area contributed by atoms with Crippen molar-refractivity contribution in [1.29, 1.82) is 0 Å². The number of hydrogen-bond donors (Lipinski definition) is 0. The largest absolute Gasteiger partial charge is 0.368 e. The molecule has 0 atom stereocenters. The Morgan fingerprint density at radius 1 is 1.27 bits per heavy atom. The molecule has 1 saturated heterocycles. The first-order valence-corrected chi connectivity index (χ1v) is 5.60. The van der Waals surface area contributed by atoms with Crippen LogP contribution in [0.25, 0.3) is 0 Å². The highest BCUT2D eigenvalue weighted by Gasteiger charge is 2.14. The average Bonchev–Trinajstić information content (AvgIpc) is 2.23. The van der Waals surface area contributed by atoms with E-state index >= 15 is 0 Å². The molecular weight excluding hydrogens is 210 g/mol. The normalized spacial score (nSPS) is 18.2. The second-order valence-corrected chi connectivity index (χ2v) is 4.46. The molecule has 3 nitrogen and oxygen atoms in total. The lowest BCUT2D eigenvalue weighted by Crippen LogP contribution is -2.44. The molecule has 1 aromatic heterocycles. The number of hydrogen-bond acceptors (Lipinski definition) is 3. The number of halogens is 1. The van der Waals surface area contributed by atoms with Crippen molar-refractivity contribution in [3.05, 3.63) is 23.0 Å². The number of aromatic nitrogens is 1. The predicted molar refractivity (Wildman–Crippen MR) is 63.7 cm³/mol. The Hall–Kier alpha value is -0.800. The number of likely N-dealkylation sites (N-methyl/N-ethyl adjacent to an activating group) is 1. The minimum Gasteiger partial charge on any atom is -0.368 e. The van der Waals surface area contributed by atoms with Gasteiger partial charge in [0, 0.05) is 26.2 Å². The number of piperazine rings is 1. The van der Waals surface area contributed by atoms with Crippen LogP contribution in [-0.2, 0) is 0 Å². The van der Waals surface area contributed by atoms with Crippen LogP contribution in [0.15, 0.2) is 12.3 Å². The minimum absolute atomic E-state index is 0.756. The fourth-order valence-corrected chi connectivity index (χ4v) is 1.89. The van der Waals surface area contributed by atoms with E-state index < -0.39 is 0 Å². The van der Waals surface area contributed by atoms with Crippen molar-refractivity contribution in [3.8, 4) is 0 Å². The fourth-order valence-electron chi connectivity index (χ4n) is 1.73. The molecule has 1 aliphatic rings. The zero-order valence-electron chi connectivity index (χ0n) is 9.20. The van der Waals surface area contributed by atoms with Crippen molar-refractivity contribution in [2.45, 2.75) is 6.92 Å². The van der Waals surface area contributed by atoms with Crippen molar-refractivity contribution in [3.63, 3.8) is 0 Å². The van der Waals surface area contributed by atoms with Gasteiger partial charge >= 0.3 is 0 Å². The van der Waals surface area contributed by atoms with E-state index in [0.717, 1.165) is 42.6 Å². The molecule has 0 aliphatic carbocycles. The van der Waals surface area contributed by atoms with Gasteiger partial charge in [-0.05, 0) is 20.0 Å². The van der Waals surface area contributed by atoms with Crippen molar-refractivity contribution in [2.75, 3.05) is 38.1 Å². The fraction of sp³-hybridized carbons (Fsp3) is 0.545. The molecule has 0 unspecified atom stereocenters. The standard InChI is InChI=1S/C11H16ClN3/c1-9-11(12)7-10(8-13-9)15-5-3-14(2)4-6-15/h7-8H,3-6H2,1-2H3. The van der Waals surface area contributed by atoms with E-state index in [1.54, 1.807) is 0 Å². The van der Waals surface area contributed by atoms with Crippen LogP contribution >= 0.6 is 11.6 Å². The van der Waals surface area contributed by atoms with Crippen LogP contribution in [0.5, 0.6) is 0 Å². The Kier molecular flexibility index (Phi) is 3.12. The van der Waals surface area contributed by atoms with Gasteiger partial charge in [-0.25, -0.2) is 0 Å². The molecular formula is C11H16ClN3. The Balaban J connectivity index is 2.12. The van der Waals surface area contributed by atoms with Gasteiger partial charge in [0.1, 0.15) is 0 Å². The number of aryl methyl sites for hydroxylation is 1. The van der Waals surface area contributed by atoms with E-state index in [-0.39, 0.29) is 0 Å². The molecule has 1 fully saturated rings. The van der Waals surface area contributed by atoms with E-state index in [4.69, 9.17) is 11.6 Å². The quantitative estimate of drug-likeness (QED) is 0.727. The van der Waals surface area contributed by atoms with Crippen molar-refractivity contribution >= 4 is 17.3 Å². The molecule has 2 rings (SSSR count). The van der Waals surface area contributed by atoms with Gasteiger partial charge in [-0.15, -0.1) is 0 Å². The van der Waals surface area contributed by atoms with E-state index in [1.807, 2.05) is 19.2 Å². The Bertz CT molecular complexity index is 346. The van der Waals surface area contributed by atoms with E-state index in [9.17, 15) is 0 Å². The summed E-state index contributed by atoms with van der Waals surface area (Å²) >= 11 is 6.06. The summed E-state index contributed by atoms with van der Waals surface area (Å²) in [6, 6.07) is 2.01. The Morgan fingerprint density at radius 2 is 1.93 bits per heavy atom. The number of nitrogens with zero attached hydrogens (tertiary/aromatic N) is 3. The number of rotatable bonds is 1. The third-order valence-corrected chi connectivity index (χ3v) is 3.26. The summed E-state index contributed by atoms with van der Waals surface area (Å²) < 4.78 is 0. The SMILES string of the molecule is Cc1ncc(N2CCN(C)CC2)cc1Cl. The second kappa shape index (κ2) is 4.37. The molecule has 0 aromatic carbocycles. The van der Waals surface area contributed by atoms with Crippen LogP contribution in [0.1, 0.15) is 5.69 Å². The second-order valence-electron chi connectivity index (χ2n) is 4.05. The predicted octanol–water partition coefficient (Wildman–Crippen LogP) is 1.80. The van der Waals surface area contributed by atoms with Gasteiger partial charge in [0.05, 0.1) is 22.6 Å². The topological polar surface area (TPSA) is 19.4 Å². The maximum Gasteiger partial charge on any atom is 0.0639 e. The van der Waals surface area contributed by atoms with Crippen LogP contribution in [-0.4, -0.2) is 43.1 Å². The van der Waals surface area contributed by atoms with Crippen LogP contribution < -0.4 is 4.90 Å². The first kappa shape index (κ1) is 10.7. The van der Waals surface area contributed by atoms with Crippen LogP contribution in [0.2, 0.25) is 5.02 Å². The van der Waals surface area contributed by atoms with Gasteiger partial charge in [-0.1, -0.05) is 11.6 Å². The molecule has 0 N–H and O–H groups in total. The van der Waals surface area contributed by atoms with Crippen molar-refractivity contribution in [1.82, 2.24) is 9.88 Å². The lowest BCUT2D eigenvalue weighted by Gasteiger charge is -2.33. The summed E-state index contributed by atoms with van der Waals surface area (Å²) in [4.78, 5) is 8.95. The molecule has 1 aliphatic heterocycles. The third-order valence-electron chi connectivity index (χ3n) is 2.88. The smallest absolute Gasteiger partial charge is 0.0639 e. The lowest BCUT2D eigenvalue weighted by molar-refractivity contribution is 0.313. The molecule has 0 amide bonds. The van der Waals surface area contributed by atoms with Crippen molar-refractivity contribution in [2.24, 2.45) is 0 Å². The molecule has 2 heterocycles. The van der Waals surface area contributed by atoms with Gasteiger partial charge in [0.25, 0.3) is 0 Å². The first-order chi connectivity index (χ1) is 7.16. The first-order valence-electron chi connectivity index (χ1n) is 5.22. The summed E-state index contributed by atoms with van der Waals surface area (Å²) in [5, 5.41) is 0.756. The zero-order valence-corrected chi connectivity index (χ0v) is 9.96. The monoisotopic (exact) mass is 225 g/mol. The average molecular weight is 226 g/mol. The van der Waals surface area contributed by atoms with E-state index in [0.29, 0.717) is 0 Å². The summed E-state index contributed by atoms with van der Waals surface area (Å²) in [7, 11) is 2.15. The van der Waals surface area contributed by atoms with Gasteiger partial charge < -0.3 is 9.80 Å². The number of pyridine rings is 1.